The van der Waals surface area contributed by atoms with Crippen LogP contribution in [-0.2, 0) is 24.5 Å². The van der Waals surface area contributed by atoms with E-state index in [4.69, 9.17) is 9.47 Å². The molecule has 0 aromatic heterocycles. The third-order valence-corrected chi connectivity index (χ3v) is 4.49. The van der Waals surface area contributed by atoms with Gasteiger partial charge in [-0.25, -0.2) is 0 Å². The molecule has 0 amide bonds. The minimum absolute atomic E-state index is 0.506. The normalized spacial score (nSPS) is 17.7. The average Bonchev–Trinajstić information content (AvgIpc) is 2.66. The third kappa shape index (κ3) is 2.22. The number of esters is 2. The lowest BCUT2D eigenvalue weighted by Gasteiger charge is -2.38. The van der Waals surface area contributed by atoms with Gasteiger partial charge in [0.1, 0.15) is 0 Å². The molecular formula is C20H18O4. The van der Waals surface area contributed by atoms with Gasteiger partial charge in [-0.15, -0.1) is 0 Å². The highest BCUT2D eigenvalue weighted by Crippen LogP contribution is 2.47. The number of carbonyl (C=O) groups is 2. The highest BCUT2D eigenvalue weighted by atomic mass is 16.5. The van der Waals surface area contributed by atoms with Crippen LogP contribution < -0.4 is 0 Å². The summed E-state index contributed by atoms with van der Waals surface area (Å²) in [5, 5.41) is 0. The molecule has 1 aliphatic carbocycles. The summed E-state index contributed by atoms with van der Waals surface area (Å²) >= 11 is 0. The van der Waals surface area contributed by atoms with E-state index in [0.717, 1.165) is 11.1 Å². The van der Waals surface area contributed by atoms with Crippen molar-refractivity contribution in [2.24, 2.45) is 0 Å². The summed E-state index contributed by atoms with van der Waals surface area (Å²) in [6.45, 7) is 0. The van der Waals surface area contributed by atoms with E-state index in [1.165, 1.54) is 14.2 Å². The first kappa shape index (κ1) is 16.0. The number of methoxy groups -OCH3 is 2. The maximum Gasteiger partial charge on any atom is 0.328 e. The van der Waals surface area contributed by atoms with Crippen LogP contribution >= 0.6 is 0 Å². The quantitative estimate of drug-likeness (QED) is 0.644. The fraction of sp³-hybridized carbons (Fsp3) is 0.200. The lowest BCUT2D eigenvalue weighted by molar-refractivity contribution is -0.163. The van der Waals surface area contributed by atoms with Gasteiger partial charge in [0.25, 0.3) is 0 Å². The van der Waals surface area contributed by atoms with Crippen molar-refractivity contribution in [3.05, 3.63) is 77.4 Å². The standard InChI is InChI=1S/C20H18O4/c1-23-18(21)20(19(22)24-2)16-11-7-6-10-15(16)12-13-17(20)14-8-4-3-5-9-14/h3-13,17H,1-2H3. The summed E-state index contributed by atoms with van der Waals surface area (Å²) < 4.78 is 10.1. The van der Waals surface area contributed by atoms with Gasteiger partial charge in [-0.2, -0.15) is 0 Å². The second kappa shape index (κ2) is 6.32. The van der Waals surface area contributed by atoms with Crippen molar-refractivity contribution in [2.45, 2.75) is 11.3 Å². The van der Waals surface area contributed by atoms with E-state index in [1.807, 2.05) is 54.6 Å². The Bertz CT molecular complexity index is 776. The highest BCUT2D eigenvalue weighted by molar-refractivity contribution is 6.09. The number of hydrogen-bond donors (Lipinski definition) is 0. The summed E-state index contributed by atoms with van der Waals surface area (Å²) in [5.41, 5.74) is 0.690. The molecule has 2 aromatic rings. The van der Waals surface area contributed by atoms with E-state index in [-0.39, 0.29) is 0 Å². The SMILES string of the molecule is COC(=O)C1(C(=O)OC)c2ccccc2C=CC1c1ccccc1. The number of rotatable bonds is 3. The first-order valence-corrected chi connectivity index (χ1v) is 7.65. The Balaban J connectivity index is 2.33. The van der Waals surface area contributed by atoms with Gasteiger partial charge in [0.15, 0.2) is 0 Å². The Morgan fingerprint density at radius 3 is 2.08 bits per heavy atom. The van der Waals surface area contributed by atoms with Crippen molar-refractivity contribution in [3.8, 4) is 0 Å². The fourth-order valence-corrected chi connectivity index (χ4v) is 3.41. The van der Waals surface area contributed by atoms with Gasteiger partial charge < -0.3 is 9.47 Å². The van der Waals surface area contributed by atoms with Crippen LogP contribution in [0.3, 0.4) is 0 Å². The van der Waals surface area contributed by atoms with Gasteiger partial charge in [-0.05, 0) is 16.7 Å². The topological polar surface area (TPSA) is 52.6 Å². The molecule has 0 spiro atoms. The van der Waals surface area contributed by atoms with Crippen molar-refractivity contribution in [3.63, 3.8) is 0 Å². The van der Waals surface area contributed by atoms with E-state index in [0.29, 0.717) is 5.56 Å². The Labute approximate surface area is 140 Å². The zero-order valence-corrected chi connectivity index (χ0v) is 13.6. The number of ether oxygens (including phenoxy) is 2. The molecule has 0 bridgehead atoms. The van der Waals surface area contributed by atoms with Crippen LogP contribution in [0.2, 0.25) is 0 Å². The number of carbonyl (C=O) groups excluding carboxylic acids is 2. The van der Waals surface area contributed by atoms with Crippen LogP contribution in [0.15, 0.2) is 60.7 Å². The summed E-state index contributed by atoms with van der Waals surface area (Å²) in [4.78, 5) is 25.8. The molecule has 0 saturated heterocycles. The summed E-state index contributed by atoms with van der Waals surface area (Å²) in [7, 11) is 2.58. The molecule has 4 nitrogen and oxygen atoms in total. The lowest BCUT2D eigenvalue weighted by atomic mass is 9.63. The van der Waals surface area contributed by atoms with Crippen LogP contribution in [-0.4, -0.2) is 26.2 Å². The first-order valence-electron chi connectivity index (χ1n) is 7.65. The highest BCUT2D eigenvalue weighted by Gasteiger charge is 2.57. The van der Waals surface area contributed by atoms with E-state index in [9.17, 15) is 9.59 Å². The van der Waals surface area contributed by atoms with E-state index in [2.05, 4.69) is 0 Å². The smallest absolute Gasteiger partial charge is 0.328 e. The van der Waals surface area contributed by atoms with E-state index >= 15 is 0 Å². The van der Waals surface area contributed by atoms with Gasteiger partial charge >= 0.3 is 11.9 Å². The number of benzene rings is 2. The summed E-state index contributed by atoms with van der Waals surface area (Å²) in [6, 6.07) is 16.8. The molecule has 0 N–H and O–H groups in total. The molecule has 0 saturated carbocycles. The van der Waals surface area contributed by atoms with Gasteiger partial charge in [0.2, 0.25) is 5.41 Å². The number of hydrogen-bond acceptors (Lipinski definition) is 4. The molecule has 4 heteroatoms. The molecule has 24 heavy (non-hydrogen) atoms. The summed E-state index contributed by atoms with van der Waals surface area (Å²) in [6.07, 6.45) is 3.79. The maximum atomic E-state index is 12.9. The summed E-state index contributed by atoms with van der Waals surface area (Å²) in [5.74, 6) is -1.76. The monoisotopic (exact) mass is 322 g/mol. The van der Waals surface area contributed by atoms with Gasteiger partial charge in [-0.1, -0.05) is 66.7 Å². The first-order chi connectivity index (χ1) is 11.7. The van der Waals surface area contributed by atoms with Crippen molar-refractivity contribution < 1.29 is 19.1 Å². The molecule has 3 rings (SSSR count). The fourth-order valence-electron chi connectivity index (χ4n) is 3.41. The van der Waals surface area contributed by atoms with Crippen molar-refractivity contribution >= 4 is 18.0 Å². The zero-order chi connectivity index (χ0) is 17.2. The molecular weight excluding hydrogens is 304 g/mol. The van der Waals surface area contributed by atoms with Crippen molar-refractivity contribution in [1.29, 1.82) is 0 Å². The van der Waals surface area contributed by atoms with E-state index in [1.54, 1.807) is 12.1 Å². The minimum Gasteiger partial charge on any atom is -0.468 e. The molecule has 0 heterocycles. The number of allylic oxidation sites excluding steroid dienone is 1. The van der Waals surface area contributed by atoms with Crippen molar-refractivity contribution in [2.75, 3.05) is 14.2 Å². The van der Waals surface area contributed by atoms with E-state index < -0.39 is 23.3 Å². The Kier molecular flexibility index (Phi) is 4.21. The predicted molar refractivity (Wildman–Crippen MR) is 90.4 cm³/mol. The molecule has 1 atom stereocenters. The van der Waals surface area contributed by atoms with Crippen LogP contribution in [0, 0.1) is 0 Å². The largest absolute Gasteiger partial charge is 0.468 e. The van der Waals surface area contributed by atoms with Crippen LogP contribution in [0.4, 0.5) is 0 Å². The molecule has 2 aromatic carbocycles. The zero-order valence-electron chi connectivity index (χ0n) is 13.6. The molecule has 0 aliphatic heterocycles. The lowest BCUT2D eigenvalue weighted by Crippen LogP contribution is -2.51. The van der Waals surface area contributed by atoms with Crippen molar-refractivity contribution in [1.82, 2.24) is 0 Å². The van der Waals surface area contributed by atoms with Crippen LogP contribution in [0.1, 0.15) is 22.6 Å². The number of fused-ring (bicyclic) bond motifs is 1. The molecule has 0 radical (unpaired) electrons. The van der Waals surface area contributed by atoms with Gasteiger partial charge in [-0.3, -0.25) is 9.59 Å². The van der Waals surface area contributed by atoms with Gasteiger partial charge in [0.05, 0.1) is 14.2 Å². The van der Waals surface area contributed by atoms with Crippen LogP contribution in [0.5, 0.6) is 0 Å². The maximum absolute atomic E-state index is 12.9. The minimum atomic E-state index is -1.56. The Morgan fingerprint density at radius 1 is 0.875 bits per heavy atom. The Hall–Kier alpha value is -2.88. The third-order valence-electron chi connectivity index (χ3n) is 4.49. The van der Waals surface area contributed by atoms with Crippen LogP contribution in [0.25, 0.3) is 6.08 Å². The average molecular weight is 322 g/mol. The molecule has 1 unspecified atom stereocenters. The predicted octanol–water partition coefficient (Wildman–Crippen LogP) is 3.08. The molecule has 0 fully saturated rings. The second-order valence-electron chi connectivity index (χ2n) is 5.63. The molecule has 1 aliphatic rings. The van der Waals surface area contributed by atoms with Gasteiger partial charge in [0, 0.05) is 5.92 Å². The Morgan fingerprint density at radius 2 is 1.46 bits per heavy atom. The molecule has 122 valence electrons. The second-order valence-corrected chi connectivity index (χ2v) is 5.63.